The maximum Gasteiger partial charge on any atom is 0.327 e. The lowest BCUT2D eigenvalue weighted by Gasteiger charge is -2.32. The van der Waals surface area contributed by atoms with Crippen molar-refractivity contribution >= 4 is 15.2 Å². The molecule has 2 aliphatic heterocycles. The molecule has 0 amide bonds. The molecule has 2 heterocycles. The first-order chi connectivity index (χ1) is 30.1. The lowest BCUT2D eigenvalue weighted by molar-refractivity contribution is -0.221. The van der Waals surface area contributed by atoms with E-state index in [9.17, 15) is 9.13 Å². The second kappa shape index (κ2) is 36.2. The molecule has 11 nitrogen and oxygen atoms in total. The number of ether oxygens (including phenoxy) is 3. The van der Waals surface area contributed by atoms with Crippen LogP contribution in [0.5, 0.6) is 0 Å². The fourth-order valence-electron chi connectivity index (χ4n) is 7.94. The average molecular weight is 915 g/mol. The Labute approximate surface area is 379 Å². The quantitative estimate of drug-likeness (QED) is 0.0342. The number of rotatable bonds is 42. The van der Waals surface area contributed by atoms with E-state index in [4.69, 9.17) is 43.8 Å². The summed E-state index contributed by atoms with van der Waals surface area (Å²) in [5.74, 6) is -0.780. The van der Waals surface area contributed by atoms with Gasteiger partial charge in [0.1, 0.15) is 24.4 Å². The van der Waals surface area contributed by atoms with Crippen LogP contribution in [-0.2, 0) is 41.4 Å². The van der Waals surface area contributed by atoms with Gasteiger partial charge in [0.2, 0.25) is 0 Å². The fraction of sp³-hybridized carbons (Fsp3) is 0.837. The summed E-state index contributed by atoms with van der Waals surface area (Å²) in [4.78, 5) is 0. The van der Waals surface area contributed by atoms with Crippen molar-refractivity contribution in [3.05, 3.63) is 48.6 Å². The van der Waals surface area contributed by atoms with Crippen LogP contribution in [0.2, 0.25) is 0 Å². The summed E-state index contributed by atoms with van der Waals surface area (Å²) in [6.07, 6.45) is 46.3. The molecule has 0 bridgehead atoms. The minimum atomic E-state index is -3.38. The smallest absolute Gasteiger partial charge is 0.327 e. The van der Waals surface area contributed by atoms with Crippen molar-refractivity contribution < 1.29 is 41.4 Å². The van der Waals surface area contributed by atoms with Crippen molar-refractivity contribution in [2.45, 2.75) is 211 Å². The highest BCUT2D eigenvalue weighted by Crippen LogP contribution is 2.49. The first-order valence-corrected chi connectivity index (χ1v) is 28.8. The zero-order chi connectivity index (χ0) is 45.0. The van der Waals surface area contributed by atoms with Crippen molar-refractivity contribution in [3.8, 4) is 0 Å². The number of nitrogens with two attached hydrogens (primary N) is 2. The molecule has 0 aromatic heterocycles. The minimum absolute atomic E-state index is 0.0151. The largest absolute Gasteiger partial charge is 0.364 e. The molecule has 0 aliphatic carbocycles. The van der Waals surface area contributed by atoms with Gasteiger partial charge in [0.25, 0.3) is 0 Å². The van der Waals surface area contributed by atoms with Gasteiger partial charge in [-0.15, -0.1) is 0 Å². The van der Waals surface area contributed by atoms with Gasteiger partial charge in [0.05, 0.1) is 26.4 Å². The van der Waals surface area contributed by atoms with Gasteiger partial charge in [0, 0.05) is 39.3 Å². The molecule has 0 radical (unpaired) electrons. The monoisotopic (exact) mass is 915 g/mol. The van der Waals surface area contributed by atoms with Crippen molar-refractivity contribution in [2.24, 2.45) is 11.5 Å². The normalized spacial score (nSPS) is 22.2. The van der Waals surface area contributed by atoms with E-state index < -0.39 is 45.4 Å². The summed E-state index contributed by atoms with van der Waals surface area (Å²) in [6, 6.07) is 0. The third kappa shape index (κ3) is 27.5. The summed E-state index contributed by atoms with van der Waals surface area (Å²) in [5.41, 5.74) is 11.2. The number of hydrogen-bond donors (Lipinski definition) is 2. The molecule has 2 rings (SSSR count). The molecule has 62 heavy (non-hydrogen) atoms. The minimum Gasteiger partial charge on any atom is -0.364 e. The molecule has 13 heteroatoms. The highest BCUT2D eigenvalue weighted by molar-refractivity contribution is 7.53. The van der Waals surface area contributed by atoms with Crippen LogP contribution in [0.15, 0.2) is 48.6 Å². The van der Waals surface area contributed by atoms with E-state index >= 15 is 0 Å². The lowest BCUT2D eigenvalue weighted by atomic mass is 9.98. The Morgan fingerprint density at radius 1 is 0.484 bits per heavy atom. The van der Waals surface area contributed by atoms with Crippen molar-refractivity contribution in [2.75, 3.05) is 52.8 Å². The topological polar surface area (TPSA) is 151 Å². The van der Waals surface area contributed by atoms with Crippen LogP contribution in [-0.4, -0.2) is 83.0 Å². The summed E-state index contributed by atoms with van der Waals surface area (Å²) < 4.78 is 68.7. The van der Waals surface area contributed by atoms with Crippen LogP contribution in [0.25, 0.3) is 0 Å². The highest BCUT2D eigenvalue weighted by atomic mass is 31.2. The summed E-state index contributed by atoms with van der Waals surface area (Å²) >= 11 is 0. The first kappa shape index (κ1) is 57.2. The number of unbranched alkanes of at least 4 members (excludes halogenated alkanes) is 18. The zero-order valence-corrected chi connectivity index (χ0v) is 41.6. The van der Waals surface area contributed by atoms with E-state index in [1.165, 1.54) is 116 Å². The number of hydrogen-bond acceptors (Lipinski definition) is 11. The van der Waals surface area contributed by atoms with E-state index in [0.29, 0.717) is 0 Å². The highest BCUT2D eigenvalue weighted by Gasteiger charge is 2.58. The molecule has 2 unspecified atom stereocenters. The molecule has 2 aliphatic rings. The Bertz CT molecular complexity index is 1220. The maximum atomic E-state index is 13.0. The molecule has 6 atom stereocenters. The van der Waals surface area contributed by atoms with Gasteiger partial charge in [-0.3, -0.25) is 9.13 Å². The molecule has 2 fully saturated rings. The van der Waals surface area contributed by atoms with Crippen LogP contribution >= 0.6 is 15.2 Å². The number of fused-ring (bicyclic) bond motifs is 1. The standard InChI is InChI=1S/C49H92N2O9P2/c1-5-7-9-11-13-15-17-19-21-23-25-27-29-31-33-35-37-49(38-36-34-32-30-28-26-24-22-20-18-16-14-12-10-8-6-2)59-47-45(43-56-61(3,52)54-41-39-50)58-46(48(47)60-49)44-57-62(4,53)55-42-40-51/h13-16,19-22,45-48H,5-12,17-18,23-44,50-51H2,1-4H3/b15-13-,16-14-,21-19-,22-20-/t45-,46+,47-,48-,61?,62?/m1/s1. The van der Waals surface area contributed by atoms with Gasteiger partial charge in [-0.25, -0.2) is 0 Å². The van der Waals surface area contributed by atoms with E-state index in [0.717, 1.165) is 64.2 Å². The molecular weight excluding hydrogens is 822 g/mol. The molecule has 0 aromatic carbocycles. The Morgan fingerprint density at radius 2 is 0.823 bits per heavy atom. The summed E-state index contributed by atoms with van der Waals surface area (Å²) in [7, 11) is -6.75. The molecule has 0 aromatic rings. The summed E-state index contributed by atoms with van der Waals surface area (Å²) in [5, 5.41) is 0. The molecule has 362 valence electrons. The maximum absolute atomic E-state index is 13.0. The van der Waals surface area contributed by atoms with Crippen molar-refractivity contribution in [1.29, 1.82) is 0 Å². The third-order valence-electron chi connectivity index (χ3n) is 11.5. The van der Waals surface area contributed by atoms with Gasteiger partial charge in [-0.2, -0.15) is 0 Å². The van der Waals surface area contributed by atoms with E-state index in [1.54, 1.807) is 0 Å². The predicted molar refractivity (Wildman–Crippen MR) is 258 cm³/mol. The predicted octanol–water partition coefficient (Wildman–Crippen LogP) is 13.3. The van der Waals surface area contributed by atoms with Crippen molar-refractivity contribution in [1.82, 2.24) is 0 Å². The SMILES string of the molecule is CCCCC/C=C\C/C=C\CCCCCCCCC1(CCCCCCCC/C=C\C/C=C\CCCCC)O[C@H]2[C@H](O1)[C@@H](COP(C)(=O)OCCN)O[C@H]2COP(C)(=O)OCCN. The average Bonchev–Trinajstić information content (AvgIpc) is 3.78. The Hall–Kier alpha value is -0.940. The van der Waals surface area contributed by atoms with Gasteiger partial charge in [0.15, 0.2) is 5.79 Å². The Balaban J connectivity index is 1.95. The zero-order valence-electron chi connectivity index (χ0n) is 39.8. The van der Waals surface area contributed by atoms with Crippen LogP contribution < -0.4 is 11.5 Å². The number of allylic oxidation sites excluding steroid dienone is 8. The Kier molecular flexibility index (Phi) is 33.4. The Morgan fingerprint density at radius 3 is 1.18 bits per heavy atom. The fourth-order valence-corrected chi connectivity index (χ4v) is 9.79. The van der Waals surface area contributed by atoms with E-state index in [1.807, 2.05) is 0 Å². The third-order valence-corrected chi connectivity index (χ3v) is 14.0. The van der Waals surface area contributed by atoms with Gasteiger partial charge in [-0.1, -0.05) is 140 Å². The second-order valence-corrected chi connectivity index (χ2v) is 21.5. The van der Waals surface area contributed by atoms with Crippen LogP contribution in [0, 0.1) is 0 Å². The lowest BCUT2D eigenvalue weighted by Crippen LogP contribution is -2.37. The van der Waals surface area contributed by atoms with Crippen LogP contribution in [0.1, 0.15) is 181 Å². The molecule has 0 spiro atoms. The second-order valence-electron chi connectivity index (χ2n) is 17.3. The molecule has 2 saturated heterocycles. The molecule has 0 saturated carbocycles. The van der Waals surface area contributed by atoms with Gasteiger partial charge >= 0.3 is 15.2 Å². The first-order valence-electron chi connectivity index (χ1n) is 24.8. The summed E-state index contributed by atoms with van der Waals surface area (Å²) in [6.45, 7) is 8.05. The van der Waals surface area contributed by atoms with E-state index in [2.05, 4.69) is 62.5 Å². The van der Waals surface area contributed by atoms with Gasteiger partial charge in [-0.05, 0) is 77.0 Å². The van der Waals surface area contributed by atoms with Crippen LogP contribution in [0.4, 0.5) is 0 Å². The van der Waals surface area contributed by atoms with Crippen molar-refractivity contribution in [3.63, 3.8) is 0 Å². The van der Waals surface area contributed by atoms with Gasteiger partial charge < -0.3 is 43.8 Å². The molecule has 4 N–H and O–H groups in total. The van der Waals surface area contributed by atoms with E-state index in [-0.39, 0.29) is 39.5 Å². The van der Waals surface area contributed by atoms with Crippen LogP contribution in [0.3, 0.4) is 0 Å². The molecular formula is C49H92N2O9P2.